The number of hydrogen-bond acceptors (Lipinski definition) is 3. The summed E-state index contributed by atoms with van der Waals surface area (Å²) in [6, 6.07) is 9.76. The Hall–Kier alpha value is -1.87. The van der Waals surface area contributed by atoms with Gasteiger partial charge in [0, 0.05) is 24.2 Å². The Balaban J connectivity index is 2.16. The van der Waals surface area contributed by atoms with Crippen molar-refractivity contribution >= 4 is 10.9 Å². The van der Waals surface area contributed by atoms with Crippen LogP contribution in [0.4, 0.5) is 0 Å². The van der Waals surface area contributed by atoms with Crippen LogP contribution in [0.25, 0.3) is 10.9 Å². The van der Waals surface area contributed by atoms with Gasteiger partial charge in [-0.2, -0.15) is 0 Å². The minimum Gasteiger partial charge on any atom is -0.489 e. The molecule has 2 N–H and O–H groups in total. The van der Waals surface area contributed by atoms with E-state index in [0.717, 1.165) is 22.2 Å². The molecular formula is C13H14N2O. The molecule has 16 heavy (non-hydrogen) atoms. The normalized spacial score (nSPS) is 10.3. The zero-order chi connectivity index (χ0) is 11.4. The monoisotopic (exact) mass is 214 g/mol. The van der Waals surface area contributed by atoms with Crippen molar-refractivity contribution in [2.24, 2.45) is 5.73 Å². The smallest absolute Gasteiger partial charge is 0.121 e. The van der Waals surface area contributed by atoms with Crippen LogP contribution in [0.15, 0.2) is 48.7 Å². The lowest BCUT2D eigenvalue weighted by molar-refractivity contribution is 0.351. The van der Waals surface area contributed by atoms with Gasteiger partial charge in [0.05, 0.1) is 5.52 Å². The van der Waals surface area contributed by atoms with E-state index >= 15 is 0 Å². The van der Waals surface area contributed by atoms with E-state index < -0.39 is 0 Å². The van der Waals surface area contributed by atoms with Crippen molar-refractivity contribution in [2.75, 3.05) is 13.2 Å². The summed E-state index contributed by atoms with van der Waals surface area (Å²) >= 11 is 0. The van der Waals surface area contributed by atoms with Crippen LogP contribution in [0.3, 0.4) is 0 Å². The number of benzene rings is 1. The molecule has 0 fully saturated rings. The Labute approximate surface area is 94.6 Å². The summed E-state index contributed by atoms with van der Waals surface area (Å²) in [6.45, 7) is 4.69. The molecule has 0 spiro atoms. The fraction of sp³-hybridized carbons (Fsp3) is 0.154. The van der Waals surface area contributed by atoms with Gasteiger partial charge in [0.1, 0.15) is 12.4 Å². The predicted molar refractivity (Wildman–Crippen MR) is 65.4 cm³/mol. The van der Waals surface area contributed by atoms with E-state index in [4.69, 9.17) is 10.5 Å². The molecule has 1 heterocycles. The van der Waals surface area contributed by atoms with E-state index in [2.05, 4.69) is 11.6 Å². The molecule has 0 aliphatic rings. The number of aromatic nitrogens is 1. The van der Waals surface area contributed by atoms with E-state index in [0.29, 0.717) is 13.2 Å². The van der Waals surface area contributed by atoms with Gasteiger partial charge < -0.3 is 10.5 Å². The van der Waals surface area contributed by atoms with E-state index in [1.165, 1.54) is 0 Å². The van der Waals surface area contributed by atoms with Crippen molar-refractivity contribution in [1.82, 2.24) is 4.98 Å². The molecule has 82 valence electrons. The Morgan fingerprint density at radius 1 is 1.38 bits per heavy atom. The summed E-state index contributed by atoms with van der Waals surface area (Å²) in [5, 5.41) is 1.10. The molecule has 3 heteroatoms. The third-order valence-corrected chi connectivity index (χ3v) is 2.31. The average molecular weight is 214 g/mol. The predicted octanol–water partition coefficient (Wildman–Crippen LogP) is 2.13. The van der Waals surface area contributed by atoms with Gasteiger partial charge in [-0.25, -0.2) is 0 Å². The topological polar surface area (TPSA) is 48.1 Å². The highest BCUT2D eigenvalue weighted by atomic mass is 16.5. The van der Waals surface area contributed by atoms with Crippen LogP contribution < -0.4 is 10.5 Å². The molecule has 0 aliphatic heterocycles. The lowest BCUT2D eigenvalue weighted by Crippen LogP contribution is -2.09. The summed E-state index contributed by atoms with van der Waals surface area (Å²) in [6.07, 6.45) is 1.77. The van der Waals surface area contributed by atoms with Gasteiger partial charge in [-0.15, -0.1) is 0 Å². The average Bonchev–Trinajstić information content (AvgIpc) is 2.35. The zero-order valence-corrected chi connectivity index (χ0v) is 9.02. The molecular weight excluding hydrogens is 200 g/mol. The van der Waals surface area contributed by atoms with Crippen molar-refractivity contribution in [3.05, 3.63) is 48.7 Å². The molecule has 3 nitrogen and oxygen atoms in total. The van der Waals surface area contributed by atoms with Gasteiger partial charge in [0.25, 0.3) is 0 Å². The second-order valence-electron chi connectivity index (χ2n) is 3.60. The molecule has 1 aromatic heterocycles. The van der Waals surface area contributed by atoms with Gasteiger partial charge in [-0.1, -0.05) is 12.6 Å². The Morgan fingerprint density at radius 3 is 3.06 bits per heavy atom. The van der Waals surface area contributed by atoms with Gasteiger partial charge in [-0.05, 0) is 23.8 Å². The summed E-state index contributed by atoms with van der Waals surface area (Å²) < 4.78 is 5.55. The van der Waals surface area contributed by atoms with Crippen LogP contribution in [0.1, 0.15) is 0 Å². The quantitative estimate of drug-likeness (QED) is 0.793. The number of pyridine rings is 1. The molecule has 0 saturated heterocycles. The molecule has 0 atom stereocenters. The molecule has 0 unspecified atom stereocenters. The van der Waals surface area contributed by atoms with Crippen molar-refractivity contribution in [3.63, 3.8) is 0 Å². The minimum atomic E-state index is 0.450. The van der Waals surface area contributed by atoms with Crippen molar-refractivity contribution in [3.8, 4) is 5.75 Å². The zero-order valence-electron chi connectivity index (χ0n) is 9.02. The first kappa shape index (κ1) is 10.6. The highest BCUT2D eigenvalue weighted by molar-refractivity contribution is 5.79. The van der Waals surface area contributed by atoms with Crippen LogP contribution in [0.2, 0.25) is 0 Å². The van der Waals surface area contributed by atoms with E-state index in [-0.39, 0.29) is 0 Å². The Morgan fingerprint density at radius 2 is 2.25 bits per heavy atom. The SMILES string of the molecule is C=C(CN)COc1ccc2cccnc2c1. The van der Waals surface area contributed by atoms with Crippen LogP contribution in [-0.4, -0.2) is 18.1 Å². The van der Waals surface area contributed by atoms with Gasteiger partial charge in [-0.3, -0.25) is 4.98 Å². The number of nitrogens with zero attached hydrogens (tertiary/aromatic N) is 1. The second kappa shape index (κ2) is 4.77. The van der Waals surface area contributed by atoms with Gasteiger partial charge in [0.15, 0.2) is 0 Å². The molecule has 0 saturated carbocycles. The lowest BCUT2D eigenvalue weighted by atomic mass is 10.2. The molecule has 0 amide bonds. The molecule has 2 aromatic rings. The maximum absolute atomic E-state index is 5.55. The number of ether oxygens (including phenoxy) is 1. The standard InChI is InChI=1S/C13H14N2O/c1-10(8-14)9-16-12-5-4-11-3-2-6-15-13(11)7-12/h2-7H,1,8-9,14H2. The van der Waals surface area contributed by atoms with E-state index in [1.807, 2.05) is 30.3 Å². The summed E-state index contributed by atoms with van der Waals surface area (Å²) in [7, 11) is 0. The Kier molecular flexibility index (Phi) is 3.17. The van der Waals surface area contributed by atoms with Crippen molar-refractivity contribution in [2.45, 2.75) is 0 Å². The first-order valence-electron chi connectivity index (χ1n) is 5.14. The van der Waals surface area contributed by atoms with Crippen LogP contribution in [0, 0.1) is 0 Å². The van der Waals surface area contributed by atoms with Gasteiger partial charge in [0.2, 0.25) is 0 Å². The first-order valence-corrected chi connectivity index (χ1v) is 5.14. The number of fused-ring (bicyclic) bond motifs is 1. The van der Waals surface area contributed by atoms with E-state index in [1.54, 1.807) is 6.20 Å². The number of nitrogens with two attached hydrogens (primary N) is 1. The summed E-state index contributed by atoms with van der Waals surface area (Å²) in [5.74, 6) is 0.792. The number of hydrogen-bond donors (Lipinski definition) is 1. The van der Waals surface area contributed by atoms with Crippen LogP contribution in [-0.2, 0) is 0 Å². The van der Waals surface area contributed by atoms with Crippen LogP contribution in [0.5, 0.6) is 5.75 Å². The maximum atomic E-state index is 5.55. The third-order valence-electron chi connectivity index (χ3n) is 2.31. The minimum absolute atomic E-state index is 0.450. The fourth-order valence-electron chi connectivity index (χ4n) is 1.38. The molecule has 1 aromatic carbocycles. The summed E-state index contributed by atoms with van der Waals surface area (Å²) in [5.41, 5.74) is 7.24. The molecule has 0 bridgehead atoms. The molecule has 2 rings (SSSR count). The fourth-order valence-corrected chi connectivity index (χ4v) is 1.38. The first-order chi connectivity index (χ1) is 7.79. The molecule has 0 radical (unpaired) electrons. The second-order valence-corrected chi connectivity index (χ2v) is 3.60. The van der Waals surface area contributed by atoms with Crippen molar-refractivity contribution in [1.29, 1.82) is 0 Å². The molecule has 0 aliphatic carbocycles. The van der Waals surface area contributed by atoms with Crippen LogP contribution >= 0.6 is 0 Å². The maximum Gasteiger partial charge on any atom is 0.121 e. The lowest BCUT2D eigenvalue weighted by Gasteiger charge is -2.07. The van der Waals surface area contributed by atoms with Gasteiger partial charge >= 0.3 is 0 Å². The third kappa shape index (κ3) is 2.38. The Bertz CT molecular complexity index is 508. The highest BCUT2D eigenvalue weighted by Crippen LogP contribution is 2.18. The van der Waals surface area contributed by atoms with Crippen molar-refractivity contribution < 1.29 is 4.74 Å². The highest BCUT2D eigenvalue weighted by Gasteiger charge is 1.98. The summed E-state index contributed by atoms with van der Waals surface area (Å²) in [4.78, 5) is 4.26. The van der Waals surface area contributed by atoms with E-state index in [9.17, 15) is 0 Å². The number of rotatable bonds is 4. The largest absolute Gasteiger partial charge is 0.489 e.